The molecular formula is C23H30O5. The third kappa shape index (κ3) is 2.59. The van der Waals surface area contributed by atoms with E-state index in [9.17, 15) is 19.8 Å². The molecule has 4 aliphatic rings. The van der Waals surface area contributed by atoms with Gasteiger partial charge in [0.2, 0.25) is 5.78 Å². The molecule has 5 nitrogen and oxygen atoms in total. The first-order valence-electron chi connectivity index (χ1n) is 10.3. The van der Waals surface area contributed by atoms with Crippen molar-refractivity contribution in [2.24, 2.45) is 22.7 Å². The zero-order chi connectivity index (χ0) is 20.3. The molecule has 0 heterocycles. The normalized spacial score (nSPS) is 44.0. The number of carbonyl (C=O) groups is 2. The van der Waals surface area contributed by atoms with E-state index in [0.29, 0.717) is 18.8 Å². The van der Waals surface area contributed by atoms with Gasteiger partial charge in [0.1, 0.15) is 5.60 Å². The summed E-state index contributed by atoms with van der Waals surface area (Å²) in [6.45, 7) is 5.15. The Labute approximate surface area is 166 Å². The molecule has 152 valence electrons. The largest absolute Gasteiger partial charge is 0.458 e. The molecule has 4 aliphatic carbocycles. The standard InChI is InChI=1S/C23H30O5/c1-14(24)28-13-20(26)23(27)11-8-19-17-5-4-15-12-16(25)6-9-21(15,2)18(17)7-10-22(19,23)3/h6-7,9,12,16-17,19,25,27H,4-5,8,10-11,13H2,1-3H3/t16?,17?,19?,21-,22-,23-/m0/s1. The van der Waals surface area contributed by atoms with Crippen molar-refractivity contribution < 1.29 is 24.5 Å². The summed E-state index contributed by atoms with van der Waals surface area (Å²) in [5.41, 5.74) is 0.463. The van der Waals surface area contributed by atoms with Crippen molar-refractivity contribution in [1.29, 1.82) is 0 Å². The number of carbonyl (C=O) groups excluding carboxylic acids is 2. The van der Waals surface area contributed by atoms with Crippen LogP contribution in [-0.4, -0.2) is 40.3 Å². The maximum atomic E-state index is 12.8. The number of ketones is 1. The van der Waals surface area contributed by atoms with Crippen LogP contribution in [0.15, 0.2) is 35.5 Å². The van der Waals surface area contributed by atoms with E-state index in [1.54, 1.807) is 0 Å². The quantitative estimate of drug-likeness (QED) is 0.576. The molecule has 0 aromatic carbocycles. The number of aliphatic hydroxyl groups excluding tert-OH is 1. The Bertz CT molecular complexity index is 808. The zero-order valence-electron chi connectivity index (χ0n) is 16.9. The molecule has 0 aromatic rings. The molecule has 6 atom stereocenters. The van der Waals surface area contributed by atoms with Gasteiger partial charge in [0.15, 0.2) is 6.61 Å². The molecule has 0 aliphatic heterocycles. The van der Waals surface area contributed by atoms with Crippen molar-refractivity contribution in [3.05, 3.63) is 35.5 Å². The highest BCUT2D eigenvalue weighted by atomic mass is 16.5. The number of hydrogen-bond acceptors (Lipinski definition) is 5. The van der Waals surface area contributed by atoms with Crippen molar-refractivity contribution in [3.8, 4) is 0 Å². The van der Waals surface area contributed by atoms with Crippen LogP contribution in [0, 0.1) is 22.7 Å². The van der Waals surface area contributed by atoms with E-state index in [0.717, 1.165) is 19.3 Å². The van der Waals surface area contributed by atoms with E-state index in [1.165, 1.54) is 18.1 Å². The number of aliphatic hydroxyl groups is 2. The lowest BCUT2D eigenvalue weighted by Crippen LogP contribution is -2.55. The maximum Gasteiger partial charge on any atom is 0.303 e. The SMILES string of the molecule is CC(=O)OCC(=O)[C@@]1(O)CCC2C3CCC4=CC(O)C=C[C@]4(C)C3=CC[C@@]21C. The van der Waals surface area contributed by atoms with Gasteiger partial charge in [0, 0.05) is 17.8 Å². The van der Waals surface area contributed by atoms with E-state index in [1.807, 2.05) is 19.1 Å². The van der Waals surface area contributed by atoms with Gasteiger partial charge in [-0.3, -0.25) is 9.59 Å². The lowest BCUT2D eigenvalue weighted by molar-refractivity contribution is -0.162. The van der Waals surface area contributed by atoms with Gasteiger partial charge in [0.05, 0.1) is 6.10 Å². The van der Waals surface area contributed by atoms with Gasteiger partial charge in [-0.05, 0) is 50.9 Å². The molecule has 0 amide bonds. The number of ether oxygens (including phenoxy) is 1. The van der Waals surface area contributed by atoms with Gasteiger partial charge < -0.3 is 14.9 Å². The third-order valence-corrected chi connectivity index (χ3v) is 8.07. The Balaban J connectivity index is 1.66. The summed E-state index contributed by atoms with van der Waals surface area (Å²) in [6.07, 6.45) is 11.4. The summed E-state index contributed by atoms with van der Waals surface area (Å²) in [5, 5.41) is 21.4. The Hall–Kier alpha value is -1.72. The van der Waals surface area contributed by atoms with Crippen LogP contribution >= 0.6 is 0 Å². The fourth-order valence-corrected chi connectivity index (χ4v) is 6.40. The summed E-state index contributed by atoms with van der Waals surface area (Å²) in [4.78, 5) is 23.9. The van der Waals surface area contributed by atoms with Crippen LogP contribution in [0.5, 0.6) is 0 Å². The van der Waals surface area contributed by atoms with Crippen molar-refractivity contribution in [2.45, 2.75) is 64.6 Å². The van der Waals surface area contributed by atoms with Crippen LogP contribution in [0.25, 0.3) is 0 Å². The topological polar surface area (TPSA) is 83.8 Å². The summed E-state index contributed by atoms with van der Waals surface area (Å²) in [6, 6.07) is 0. The van der Waals surface area contributed by atoms with E-state index < -0.39 is 23.1 Å². The second-order valence-corrected chi connectivity index (χ2v) is 9.38. The van der Waals surface area contributed by atoms with Crippen molar-refractivity contribution in [2.75, 3.05) is 6.61 Å². The van der Waals surface area contributed by atoms with Gasteiger partial charge in [-0.15, -0.1) is 0 Å². The van der Waals surface area contributed by atoms with Crippen molar-refractivity contribution >= 4 is 11.8 Å². The monoisotopic (exact) mass is 386 g/mol. The smallest absolute Gasteiger partial charge is 0.303 e. The Kier molecular flexibility index (Phi) is 4.47. The number of esters is 1. The molecule has 2 N–H and O–H groups in total. The van der Waals surface area contributed by atoms with Crippen LogP contribution < -0.4 is 0 Å². The first-order chi connectivity index (χ1) is 13.1. The molecule has 0 spiro atoms. The minimum absolute atomic E-state index is 0.175. The molecule has 0 bridgehead atoms. The molecule has 0 radical (unpaired) electrons. The van der Waals surface area contributed by atoms with Crippen molar-refractivity contribution in [1.82, 2.24) is 0 Å². The lowest BCUT2D eigenvalue weighted by atomic mass is 9.51. The highest BCUT2D eigenvalue weighted by Gasteiger charge is 2.64. The van der Waals surface area contributed by atoms with Gasteiger partial charge in [0.25, 0.3) is 0 Å². The Morgan fingerprint density at radius 1 is 1.29 bits per heavy atom. The van der Waals surface area contributed by atoms with Gasteiger partial charge in [-0.2, -0.15) is 0 Å². The highest BCUT2D eigenvalue weighted by molar-refractivity contribution is 5.91. The molecule has 2 fully saturated rings. The van der Waals surface area contributed by atoms with Gasteiger partial charge >= 0.3 is 5.97 Å². The average Bonchev–Trinajstić information content (AvgIpc) is 2.92. The van der Waals surface area contributed by atoms with Gasteiger partial charge in [-0.1, -0.05) is 42.4 Å². The number of fused-ring (bicyclic) bond motifs is 5. The maximum absolute atomic E-state index is 12.8. The molecule has 0 aromatic heterocycles. The molecule has 2 saturated carbocycles. The summed E-state index contributed by atoms with van der Waals surface area (Å²) in [5.74, 6) is -0.352. The van der Waals surface area contributed by atoms with E-state index in [2.05, 4.69) is 19.1 Å². The van der Waals surface area contributed by atoms with Crippen LogP contribution in [0.2, 0.25) is 0 Å². The summed E-state index contributed by atoms with van der Waals surface area (Å²) in [7, 11) is 0. The highest BCUT2D eigenvalue weighted by Crippen LogP contribution is 2.65. The van der Waals surface area contributed by atoms with Crippen LogP contribution in [0.1, 0.15) is 52.9 Å². The van der Waals surface area contributed by atoms with Crippen molar-refractivity contribution in [3.63, 3.8) is 0 Å². The number of Topliss-reactive ketones (excluding diaryl/α,β-unsaturated/α-hetero) is 1. The van der Waals surface area contributed by atoms with Crippen LogP contribution in [0.3, 0.4) is 0 Å². The molecule has 3 unspecified atom stereocenters. The zero-order valence-corrected chi connectivity index (χ0v) is 16.9. The van der Waals surface area contributed by atoms with E-state index in [-0.39, 0.29) is 23.7 Å². The van der Waals surface area contributed by atoms with E-state index in [4.69, 9.17) is 4.74 Å². The van der Waals surface area contributed by atoms with Gasteiger partial charge in [-0.25, -0.2) is 0 Å². The molecular weight excluding hydrogens is 356 g/mol. The predicted octanol–water partition coefficient (Wildman–Crippen LogP) is 2.87. The number of hydrogen-bond donors (Lipinski definition) is 2. The fraction of sp³-hybridized carbons (Fsp3) is 0.652. The molecule has 5 heteroatoms. The van der Waals surface area contributed by atoms with E-state index >= 15 is 0 Å². The number of rotatable bonds is 3. The minimum Gasteiger partial charge on any atom is -0.458 e. The van der Waals surface area contributed by atoms with Crippen LogP contribution in [-0.2, 0) is 14.3 Å². The predicted molar refractivity (Wildman–Crippen MR) is 104 cm³/mol. The second-order valence-electron chi connectivity index (χ2n) is 9.38. The fourth-order valence-electron chi connectivity index (χ4n) is 6.40. The number of allylic oxidation sites excluding steroid dienone is 4. The molecule has 28 heavy (non-hydrogen) atoms. The second kappa shape index (κ2) is 6.39. The van der Waals surface area contributed by atoms with Crippen LogP contribution in [0.4, 0.5) is 0 Å². The summed E-state index contributed by atoms with van der Waals surface area (Å²) < 4.78 is 4.91. The molecule has 4 rings (SSSR count). The minimum atomic E-state index is -1.45. The first kappa shape index (κ1) is 19.6. The summed E-state index contributed by atoms with van der Waals surface area (Å²) >= 11 is 0. The first-order valence-corrected chi connectivity index (χ1v) is 10.3. The Morgan fingerprint density at radius 3 is 2.75 bits per heavy atom. The lowest BCUT2D eigenvalue weighted by Gasteiger charge is -2.53. The Morgan fingerprint density at radius 2 is 2.04 bits per heavy atom. The molecule has 0 saturated heterocycles. The third-order valence-electron chi connectivity index (χ3n) is 8.07. The average molecular weight is 386 g/mol.